The van der Waals surface area contributed by atoms with E-state index in [9.17, 15) is 4.39 Å². The number of rotatable bonds is 2. The summed E-state index contributed by atoms with van der Waals surface area (Å²) < 4.78 is 18.0. The zero-order chi connectivity index (χ0) is 11.7. The lowest BCUT2D eigenvalue weighted by Crippen LogP contribution is -2.13. The molecule has 0 aliphatic heterocycles. The fourth-order valence-corrected chi connectivity index (χ4v) is 1.41. The summed E-state index contributed by atoms with van der Waals surface area (Å²) in [6, 6.07) is 3.71. The monoisotopic (exact) mass is 241 g/mol. The second kappa shape index (κ2) is 4.19. The van der Waals surface area contributed by atoms with E-state index in [2.05, 4.69) is 10.1 Å². The Labute approximate surface area is 96.2 Å². The fraction of sp³-hybridized carbons (Fsp3) is 0.200. The van der Waals surface area contributed by atoms with Crippen molar-refractivity contribution in [2.45, 2.75) is 13.0 Å². The van der Waals surface area contributed by atoms with Crippen LogP contribution < -0.4 is 5.73 Å². The van der Waals surface area contributed by atoms with E-state index in [0.29, 0.717) is 17.3 Å². The zero-order valence-corrected chi connectivity index (χ0v) is 9.20. The summed E-state index contributed by atoms with van der Waals surface area (Å²) in [4.78, 5) is 3.98. The third-order valence-electron chi connectivity index (χ3n) is 2.12. The van der Waals surface area contributed by atoms with Crippen LogP contribution in [0.5, 0.6) is 0 Å². The van der Waals surface area contributed by atoms with E-state index in [1.165, 1.54) is 12.1 Å². The second-order valence-corrected chi connectivity index (χ2v) is 3.73. The smallest absolute Gasteiger partial charge is 0.223 e. The van der Waals surface area contributed by atoms with Gasteiger partial charge in [-0.1, -0.05) is 22.8 Å². The van der Waals surface area contributed by atoms with E-state index in [-0.39, 0.29) is 5.02 Å². The molecule has 0 bridgehead atoms. The van der Waals surface area contributed by atoms with E-state index < -0.39 is 11.9 Å². The minimum atomic E-state index is -0.621. The van der Waals surface area contributed by atoms with Gasteiger partial charge >= 0.3 is 0 Å². The topological polar surface area (TPSA) is 64.9 Å². The molecule has 4 nitrogen and oxygen atoms in total. The lowest BCUT2D eigenvalue weighted by atomic mass is 10.1. The van der Waals surface area contributed by atoms with Crippen molar-refractivity contribution in [3.8, 4) is 0 Å². The number of aryl methyl sites for hydroxylation is 1. The third-order valence-corrected chi connectivity index (χ3v) is 2.43. The predicted molar refractivity (Wildman–Crippen MR) is 56.5 cm³/mol. The van der Waals surface area contributed by atoms with Gasteiger partial charge in [-0.2, -0.15) is 4.98 Å². The highest BCUT2D eigenvalue weighted by molar-refractivity contribution is 6.30. The highest BCUT2D eigenvalue weighted by Gasteiger charge is 2.16. The van der Waals surface area contributed by atoms with Crippen LogP contribution in [0.3, 0.4) is 0 Å². The van der Waals surface area contributed by atoms with Crippen LogP contribution in [0.15, 0.2) is 22.7 Å². The van der Waals surface area contributed by atoms with E-state index >= 15 is 0 Å². The van der Waals surface area contributed by atoms with Crippen molar-refractivity contribution in [2.24, 2.45) is 5.73 Å². The van der Waals surface area contributed by atoms with Gasteiger partial charge in [0.1, 0.15) is 5.82 Å². The van der Waals surface area contributed by atoms with Crippen LogP contribution in [-0.4, -0.2) is 10.1 Å². The molecule has 84 valence electrons. The number of halogens is 2. The molecule has 0 saturated heterocycles. The van der Waals surface area contributed by atoms with Crippen molar-refractivity contribution in [1.29, 1.82) is 0 Å². The van der Waals surface area contributed by atoms with Gasteiger partial charge in [0.25, 0.3) is 0 Å². The maximum absolute atomic E-state index is 13.2. The average molecular weight is 242 g/mol. The lowest BCUT2D eigenvalue weighted by molar-refractivity contribution is 0.385. The van der Waals surface area contributed by atoms with E-state index in [4.69, 9.17) is 21.9 Å². The normalized spacial score (nSPS) is 12.8. The molecule has 0 unspecified atom stereocenters. The molecule has 1 atom stereocenters. The van der Waals surface area contributed by atoms with E-state index in [0.717, 1.165) is 0 Å². The summed E-state index contributed by atoms with van der Waals surface area (Å²) in [5.74, 6) is 0.217. The van der Waals surface area contributed by atoms with Crippen molar-refractivity contribution in [3.05, 3.63) is 46.3 Å². The molecular weight excluding hydrogens is 233 g/mol. The van der Waals surface area contributed by atoms with Gasteiger partial charge in [0.15, 0.2) is 5.82 Å². The number of nitrogens with two attached hydrogens (primary N) is 1. The second-order valence-electron chi connectivity index (χ2n) is 3.32. The Balaban J connectivity index is 2.33. The molecule has 0 saturated carbocycles. The Morgan fingerprint density at radius 2 is 2.25 bits per heavy atom. The number of aromatic nitrogens is 2. The summed E-state index contributed by atoms with van der Waals surface area (Å²) in [5.41, 5.74) is 6.40. The first-order valence-corrected chi connectivity index (χ1v) is 4.96. The molecule has 1 aromatic heterocycles. The highest BCUT2D eigenvalue weighted by atomic mass is 35.5. The first kappa shape index (κ1) is 11.0. The summed E-state index contributed by atoms with van der Waals surface area (Å²) in [5, 5.41) is 3.73. The SMILES string of the molecule is Cc1nc([C@H](N)c2ccc(Cl)c(F)c2)no1. The molecule has 1 aromatic carbocycles. The van der Waals surface area contributed by atoms with Crippen LogP contribution in [0.1, 0.15) is 23.3 Å². The first-order chi connectivity index (χ1) is 7.58. The Bertz CT molecular complexity index is 515. The Hall–Kier alpha value is -1.46. The largest absolute Gasteiger partial charge is 0.340 e. The van der Waals surface area contributed by atoms with Gasteiger partial charge in [-0.05, 0) is 17.7 Å². The number of hydrogen-bond donors (Lipinski definition) is 1. The van der Waals surface area contributed by atoms with Crippen LogP contribution in [0.4, 0.5) is 4.39 Å². The molecule has 0 aliphatic carbocycles. The molecule has 16 heavy (non-hydrogen) atoms. The van der Waals surface area contributed by atoms with Gasteiger partial charge in [-0.3, -0.25) is 0 Å². The molecule has 0 radical (unpaired) electrons. The molecule has 0 spiro atoms. The maximum atomic E-state index is 13.2. The number of nitrogens with zero attached hydrogens (tertiary/aromatic N) is 2. The molecule has 2 N–H and O–H groups in total. The quantitative estimate of drug-likeness (QED) is 0.876. The molecule has 2 aromatic rings. The average Bonchev–Trinajstić information content (AvgIpc) is 2.68. The number of hydrogen-bond acceptors (Lipinski definition) is 4. The fourth-order valence-electron chi connectivity index (χ4n) is 1.30. The molecule has 2 rings (SSSR count). The summed E-state index contributed by atoms with van der Waals surface area (Å²) in [6.07, 6.45) is 0. The molecule has 1 heterocycles. The minimum Gasteiger partial charge on any atom is -0.340 e. The number of benzene rings is 1. The van der Waals surface area contributed by atoms with Crippen molar-refractivity contribution in [3.63, 3.8) is 0 Å². The first-order valence-electron chi connectivity index (χ1n) is 4.58. The van der Waals surface area contributed by atoms with Gasteiger partial charge in [0.05, 0.1) is 11.1 Å². The Kier molecular flexibility index (Phi) is 2.89. The van der Waals surface area contributed by atoms with Crippen LogP contribution >= 0.6 is 11.6 Å². The summed E-state index contributed by atoms with van der Waals surface area (Å²) in [7, 11) is 0. The lowest BCUT2D eigenvalue weighted by Gasteiger charge is -2.07. The molecular formula is C10H9ClFN3O. The zero-order valence-electron chi connectivity index (χ0n) is 8.45. The van der Waals surface area contributed by atoms with Crippen LogP contribution in [0, 0.1) is 12.7 Å². The molecule has 6 heteroatoms. The van der Waals surface area contributed by atoms with Crippen molar-refractivity contribution in [1.82, 2.24) is 10.1 Å². The van der Waals surface area contributed by atoms with Gasteiger partial charge in [0, 0.05) is 6.92 Å². The van der Waals surface area contributed by atoms with Crippen LogP contribution in [0.2, 0.25) is 5.02 Å². The van der Waals surface area contributed by atoms with Crippen molar-refractivity contribution >= 4 is 11.6 Å². The van der Waals surface area contributed by atoms with Gasteiger partial charge in [-0.15, -0.1) is 0 Å². The minimum absolute atomic E-state index is 0.0558. The van der Waals surface area contributed by atoms with E-state index in [1.54, 1.807) is 13.0 Å². The van der Waals surface area contributed by atoms with Crippen LogP contribution in [-0.2, 0) is 0 Å². The maximum Gasteiger partial charge on any atom is 0.223 e. The molecule has 0 fully saturated rings. The molecule has 0 amide bonds. The standard InChI is InChI=1S/C10H9ClFN3O/c1-5-14-10(15-16-5)9(13)6-2-3-7(11)8(12)4-6/h2-4,9H,13H2,1H3/t9-/m1/s1. The van der Waals surface area contributed by atoms with Crippen molar-refractivity contribution < 1.29 is 8.91 Å². The summed E-state index contributed by atoms with van der Waals surface area (Å²) in [6.45, 7) is 1.66. The molecule has 0 aliphatic rings. The predicted octanol–water partition coefficient (Wildman–Crippen LogP) is 2.22. The van der Waals surface area contributed by atoms with E-state index in [1.807, 2.05) is 0 Å². The van der Waals surface area contributed by atoms with Gasteiger partial charge in [-0.25, -0.2) is 4.39 Å². The van der Waals surface area contributed by atoms with Gasteiger partial charge < -0.3 is 10.3 Å². The van der Waals surface area contributed by atoms with Gasteiger partial charge in [0.2, 0.25) is 5.89 Å². The summed E-state index contributed by atoms with van der Waals surface area (Å²) >= 11 is 5.57. The van der Waals surface area contributed by atoms with Crippen LogP contribution in [0.25, 0.3) is 0 Å². The third kappa shape index (κ3) is 2.05. The van der Waals surface area contributed by atoms with Crippen molar-refractivity contribution in [2.75, 3.05) is 0 Å². The highest BCUT2D eigenvalue weighted by Crippen LogP contribution is 2.22. The Morgan fingerprint density at radius 3 is 2.81 bits per heavy atom. The Morgan fingerprint density at radius 1 is 1.50 bits per heavy atom.